The number of ether oxygens (including phenoxy) is 1. The van der Waals surface area contributed by atoms with Crippen LogP contribution in [0.5, 0.6) is 0 Å². The van der Waals surface area contributed by atoms with Crippen LogP contribution < -0.4 is 0 Å². The molecule has 0 bridgehead atoms. The fourth-order valence-corrected chi connectivity index (χ4v) is 6.90. The Labute approximate surface area is 186 Å². The predicted molar refractivity (Wildman–Crippen MR) is 118 cm³/mol. The topological polar surface area (TPSA) is 46.6 Å². The van der Waals surface area contributed by atoms with Crippen molar-refractivity contribution in [1.29, 1.82) is 0 Å². The van der Waals surface area contributed by atoms with Crippen molar-refractivity contribution in [3.8, 4) is 0 Å². The number of carbonyl (C=O) groups excluding carboxylic acids is 2. The molecule has 1 heterocycles. The van der Waals surface area contributed by atoms with Crippen LogP contribution in [-0.4, -0.2) is 35.3 Å². The summed E-state index contributed by atoms with van der Waals surface area (Å²) in [5.41, 5.74) is 4.87. The molecule has 1 aromatic rings. The van der Waals surface area contributed by atoms with E-state index in [1.165, 1.54) is 0 Å². The highest BCUT2D eigenvalue weighted by Gasteiger charge is 2.41. The Morgan fingerprint density at radius 2 is 2.03 bits per heavy atom. The van der Waals surface area contributed by atoms with Crippen LogP contribution in [0.25, 0.3) is 0 Å². The van der Waals surface area contributed by atoms with Gasteiger partial charge in [-0.15, -0.1) is 0 Å². The second-order valence-electron chi connectivity index (χ2n) is 7.88. The molecule has 0 saturated heterocycles. The fourth-order valence-electron chi connectivity index (χ4n) is 4.55. The molecule has 1 atom stereocenters. The van der Waals surface area contributed by atoms with Gasteiger partial charge in [-0.2, -0.15) is 0 Å². The number of benzene rings is 1. The third-order valence-electron chi connectivity index (χ3n) is 6.07. The highest BCUT2D eigenvalue weighted by Crippen LogP contribution is 2.42. The Morgan fingerprint density at radius 3 is 2.66 bits per heavy atom. The molecule has 1 amide bonds. The summed E-state index contributed by atoms with van der Waals surface area (Å²) in [4.78, 5) is 27.7. The first-order chi connectivity index (χ1) is 13.7. The summed E-state index contributed by atoms with van der Waals surface area (Å²) < 4.78 is 33.0. The van der Waals surface area contributed by atoms with Crippen molar-refractivity contribution < 1.29 is 23.1 Å². The first-order valence-corrected chi connectivity index (χ1v) is 13.3. The monoisotopic (exact) mass is 537 g/mol. The maximum atomic E-state index is 13.9. The molecule has 8 heteroatoms. The van der Waals surface area contributed by atoms with Gasteiger partial charge in [0.25, 0.3) is 0 Å². The summed E-state index contributed by atoms with van der Waals surface area (Å²) in [6.45, 7) is 6.41. The second-order valence-corrected chi connectivity index (χ2v) is 9.76. The SMILES string of the molecule is CCOC(=O)Cc1c(C)c2c(c(C)c1SI)CN(C1CCCC(F)(F)C1)C(=O)C2. The van der Waals surface area contributed by atoms with Crippen LogP contribution in [0.1, 0.15) is 60.4 Å². The van der Waals surface area contributed by atoms with Gasteiger partial charge in [0, 0.05) is 51.5 Å². The van der Waals surface area contributed by atoms with Crippen molar-refractivity contribution >= 4 is 42.0 Å². The lowest BCUT2D eigenvalue weighted by atomic mass is 9.84. The van der Waals surface area contributed by atoms with Gasteiger partial charge in [0.15, 0.2) is 0 Å². The third-order valence-corrected chi connectivity index (χ3v) is 8.10. The molecular formula is C21H26F2INO3S. The van der Waals surface area contributed by atoms with Gasteiger partial charge < -0.3 is 9.64 Å². The van der Waals surface area contributed by atoms with Gasteiger partial charge in [0.1, 0.15) is 0 Å². The van der Waals surface area contributed by atoms with Gasteiger partial charge in [-0.25, -0.2) is 8.78 Å². The summed E-state index contributed by atoms with van der Waals surface area (Å²) in [7, 11) is 1.55. The van der Waals surface area contributed by atoms with E-state index in [9.17, 15) is 18.4 Å². The molecule has 1 unspecified atom stereocenters. The van der Waals surface area contributed by atoms with E-state index in [0.717, 1.165) is 32.7 Å². The van der Waals surface area contributed by atoms with Crippen LogP contribution in [-0.2, 0) is 33.7 Å². The Bertz CT molecular complexity index is 831. The molecular weight excluding hydrogens is 511 g/mol. The zero-order valence-electron chi connectivity index (χ0n) is 16.9. The maximum Gasteiger partial charge on any atom is 0.310 e. The molecule has 1 aliphatic carbocycles. The van der Waals surface area contributed by atoms with E-state index in [-0.39, 0.29) is 37.6 Å². The van der Waals surface area contributed by atoms with Crippen LogP contribution in [0, 0.1) is 13.8 Å². The fraction of sp³-hybridized carbons (Fsp3) is 0.619. The zero-order valence-corrected chi connectivity index (χ0v) is 19.9. The van der Waals surface area contributed by atoms with Gasteiger partial charge in [-0.3, -0.25) is 9.59 Å². The molecule has 1 saturated carbocycles. The van der Waals surface area contributed by atoms with E-state index >= 15 is 0 Å². The van der Waals surface area contributed by atoms with Gasteiger partial charge in [0.05, 0.1) is 19.4 Å². The average molecular weight is 537 g/mol. The summed E-state index contributed by atoms with van der Waals surface area (Å²) in [5, 5.41) is 0. The van der Waals surface area contributed by atoms with Crippen molar-refractivity contribution in [3.05, 3.63) is 27.8 Å². The minimum absolute atomic E-state index is 0.0902. The molecule has 0 radical (unpaired) electrons. The zero-order chi connectivity index (χ0) is 21.3. The molecule has 1 aliphatic heterocycles. The molecule has 3 rings (SSSR count). The van der Waals surface area contributed by atoms with E-state index in [2.05, 4.69) is 21.2 Å². The number of hydrogen-bond acceptors (Lipinski definition) is 4. The van der Waals surface area contributed by atoms with Gasteiger partial charge in [-0.05, 0) is 61.4 Å². The highest BCUT2D eigenvalue weighted by molar-refractivity contribution is 14.2. The summed E-state index contributed by atoms with van der Waals surface area (Å²) >= 11 is 2.21. The van der Waals surface area contributed by atoms with Gasteiger partial charge in [0.2, 0.25) is 11.8 Å². The van der Waals surface area contributed by atoms with Gasteiger partial charge >= 0.3 is 5.97 Å². The van der Waals surface area contributed by atoms with Crippen molar-refractivity contribution in [3.63, 3.8) is 0 Å². The summed E-state index contributed by atoms with van der Waals surface area (Å²) in [5.74, 6) is -3.07. The molecule has 160 valence electrons. The quantitative estimate of drug-likeness (QED) is 0.377. The number of nitrogens with zero attached hydrogens (tertiary/aromatic N) is 1. The standard InChI is InChI=1S/C21H26F2INO3S/c1-4-28-19(27)9-16-12(2)15-8-18(26)25(11-17(15)13(3)20(16)29-24)14-6-5-7-21(22,23)10-14/h14H,4-11H2,1-3H3. The molecule has 0 N–H and O–H groups in total. The van der Waals surface area contributed by atoms with E-state index in [0.29, 0.717) is 26.0 Å². The first kappa shape index (κ1) is 22.8. The molecule has 1 fully saturated rings. The van der Waals surface area contributed by atoms with Crippen molar-refractivity contribution in [2.24, 2.45) is 0 Å². The molecule has 2 aliphatic rings. The lowest BCUT2D eigenvalue weighted by Crippen LogP contribution is -2.48. The Kier molecular flexibility index (Phi) is 7.13. The van der Waals surface area contributed by atoms with E-state index in [4.69, 9.17) is 4.74 Å². The van der Waals surface area contributed by atoms with Crippen molar-refractivity contribution in [2.75, 3.05) is 6.61 Å². The molecule has 0 aromatic heterocycles. The number of hydrogen-bond donors (Lipinski definition) is 0. The minimum atomic E-state index is -2.69. The molecule has 29 heavy (non-hydrogen) atoms. The predicted octanol–water partition coefficient (Wildman–Crippen LogP) is 5.31. The molecule has 1 aromatic carbocycles. The van der Waals surface area contributed by atoms with Gasteiger partial charge in [-0.1, -0.05) is 8.93 Å². The van der Waals surface area contributed by atoms with Crippen LogP contribution in [0.3, 0.4) is 0 Å². The smallest absolute Gasteiger partial charge is 0.310 e. The largest absolute Gasteiger partial charge is 0.466 e. The second kappa shape index (κ2) is 9.08. The Morgan fingerprint density at radius 1 is 1.31 bits per heavy atom. The van der Waals surface area contributed by atoms with Crippen LogP contribution in [0.2, 0.25) is 0 Å². The number of halogens is 3. The summed E-state index contributed by atoms with van der Waals surface area (Å²) in [6.07, 6.45) is 1.11. The number of esters is 1. The van der Waals surface area contributed by atoms with Crippen LogP contribution in [0.4, 0.5) is 8.78 Å². The number of fused-ring (bicyclic) bond motifs is 1. The Hall–Kier alpha value is -0.900. The number of carbonyl (C=O) groups is 2. The minimum Gasteiger partial charge on any atom is -0.466 e. The Balaban J connectivity index is 1.97. The lowest BCUT2D eigenvalue weighted by Gasteiger charge is -2.41. The van der Waals surface area contributed by atoms with E-state index < -0.39 is 12.0 Å². The maximum absolute atomic E-state index is 13.9. The molecule has 0 spiro atoms. The van der Waals surface area contributed by atoms with Crippen LogP contribution in [0.15, 0.2) is 4.90 Å². The van der Waals surface area contributed by atoms with E-state index in [1.54, 1.807) is 20.8 Å². The first-order valence-electron chi connectivity index (χ1n) is 9.93. The lowest BCUT2D eigenvalue weighted by molar-refractivity contribution is -0.142. The van der Waals surface area contributed by atoms with E-state index in [1.807, 2.05) is 13.8 Å². The number of rotatable bonds is 5. The van der Waals surface area contributed by atoms with Crippen molar-refractivity contribution in [2.45, 2.75) is 82.7 Å². The third kappa shape index (κ3) is 4.73. The van der Waals surface area contributed by atoms with Crippen molar-refractivity contribution in [1.82, 2.24) is 4.90 Å². The summed E-state index contributed by atoms with van der Waals surface area (Å²) in [6, 6.07) is -0.408. The number of alkyl halides is 2. The normalized spacial score (nSPS) is 21.1. The average Bonchev–Trinajstić information content (AvgIpc) is 2.65. The van der Waals surface area contributed by atoms with Crippen LogP contribution >= 0.6 is 30.1 Å². The molecule has 4 nitrogen and oxygen atoms in total. The number of amides is 1. The highest BCUT2D eigenvalue weighted by atomic mass is 127.